The van der Waals surface area contributed by atoms with Crippen molar-refractivity contribution in [1.82, 2.24) is 4.31 Å². The molecule has 1 aromatic rings. The fourth-order valence-electron chi connectivity index (χ4n) is 3.10. The first-order valence-electron chi connectivity index (χ1n) is 7.78. The number of sulfonamides is 1. The van der Waals surface area contributed by atoms with Crippen LogP contribution in [0.4, 0.5) is 0 Å². The topological polar surface area (TPSA) is 76.5 Å². The lowest BCUT2D eigenvalue weighted by molar-refractivity contribution is 0.398. The molecular weight excluding hydrogens is 288 g/mol. The Balaban J connectivity index is 2.17. The van der Waals surface area contributed by atoms with Crippen LogP contribution in [0.15, 0.2) is 15.4 Å². The molecule has 0 aromatic carbocycles. The third kappa shape index (κ3) is 3.67. The molecule has 2 rings (SSSR count). The van der Waals surface area contributed by atoms with Crippen molar-refractivity contribution in [3.63, 3.8) is 0 Å². The first-order valence-corrected chi connectivity index (χ1v) is 9.22. The summed E-state index contributed by atoms with van der Waals surface area (Å²) in [6, 6.07) is 1.57. The fourth-order valence-corrected chi connectivity index (χ4v) is 4.78. The number of furan rings is 1. The van der Waals surface area contributed by atoms with E-state index in [4.69, 9.17) is 10.2 Å². The van der Waals surface area contributed by atoms with Crippen LogP contribution in [0, 0.1) is 12.8 Å². The van der Waals surface area contributed by atoms with Crippen LogP contribution >= 0.6 is 0 Å². The molecule has 5 nitrogen and oxygen atoms in total. The van der Waals surface area contributed by atoms with Crippen molar-refractivity contribution in [1.29, 1.82) is 0 Å². The molecule has 6 heteroatoms. The third-order valence-electron chi connectivity index (χ3n) is 4.25. The molecule has 0 spiro atoms. The summed E-state index contributed by atoms with van der Waals surface area (Å²) < 4.78 is 32.6. The van der Waals surface area contributed by atoms with Gasteiger partial charge in [-0.15, -0.1) is 0 Å². The minimum atomic E-state index is -3.46. The van der Waals surface area contributed by atoms with Crippen LogP contribution in [0.2, 0.25) is 0 Å². The van der Waals surface area contributed by atoms with Crippen LogP contribution in [-0.4, -0.2) is 25.8 Å². The van der Waals surface area contributed by atoms with Crippen LogP contribution in [0.25, 0.3) is 0 Å². The lowest BCUT2D eigenvalue weighted by atomic mass is 9.96. The van der Waals surface area contributed by atoms with Gasteiger partial charge in [-0.1, -0.05) is 19.8 Å². The molecule has 0 bridgehead atoms. The van der Waals surface area contributed by atoms with E-state index in [1.807, 2.05) is 0 Å². The first kappa shape index (κ1) is 16.5. The second-order valence-corrected chi connectivity index (χ2v) is 7.73. The lowest BCUT2D eigenvalue weighted by Gasteiger charge is -2.19. The molecule has 0 radical (unpaired) electrons. The second kappa shape index (κ2) is 6.94. The van der Waals surface area contributed by atoms with Gasteiger partial charge in [0.25, 0.3) is 0 Å². The molecule has 1 atom stereocenters. The summed E-state index contributed by atoms with van der Waals surface area (Å²) >= 11 is 0. The van der Waals surface area contributed by atoms with Crippen molar-refractivity contribution >= 4 is 10.0 Å². The van der Waals surface area contributed by atoms with E-state index in [0.717, 1.165) is 25.7 Å². The maximum atomic E-state index is 12.8. The van der Waals surface area contributed by atoms with Crippen molar-refractivity contribution in [2.24, 2.45) is 11.7 Å². The zero-order valence-electron chi connectivity index (χ0n) is 13.0. The third-order valence-corrected chi connectivity index (χ3v) is 6.25. The summed E-state index contributed by atoms with van der Waals surface area (Å²) in [5.74, 6) is 1.61. The first-order chi connectivity index (χ1) is 9.98. The largest absolute Gasteiger partial charge is 0.464 e. The zero-order valence-corrected chi connectivity index (χ0v) is 13.8. The molecular formula is C15H26N2O3S. The van der Waals surface area contributed by atoms with Gasteiger partial charge in [-0.2, -0.15) is 4.31 Å². The molecule has 120 valence electrons. The molecule has 1 aliphatic heterocycles. The van der Waals surface area contributed by atoms with Crippen molar-refractivity contribution in [3.05, 3.63) is 17.6 Å². The highest BCUT2D eigenvalue weighted by Crippen LogP contribution is 2.28. The predicted molar refractivity (Wildman–Crippen MR) is 82.3 cm³/mol. The molecule has 1 aromatic heterocycles. The monoisotopic (exact) mass is 314 g/mol. The molecule has 2 heterocycles. The summed E-state index contributed by atoms with van der Waals surface area (Å²) in [6.45, 7) is 5.29. The predicted octanol–water partition coefficient (Wildman–Crippen LogP) is 2.64. The Bertz CT molecular complexity index is 565. The minimum absolute atomic E-state index is 0.217. The number of hydrogen-bond donors (Lipinski definition) is 1. The van der Waals surface area contributed by atoms with Gasteiger partial charge in [-0.05, 0) is 32.1 Å². The zero-order chi connectivity index (χ0) is 15.5. The Morgan fingerprint density at radius 2 is 2.14 bits per heavy atom. The molecule has 0 aliphatic carbocycles. The smallest absolute Gasteiger partial charge is 0.246 e. The van der Waals surface area contributed by atoms with E-state index < -0.39 is 10.0 Å². The Morgan fingerprint density at radius 1 is 1.38 bits per heavy atom. The summed E-state index contributed by atoms with van der Waals surface area (Å²) in [4.78, 5) is 0.275. The van der Waals surface area contributed by atoms with Crippen LogP contribution in [0.1, 0.15) is 50.5 Å². The summed E-state index contributed by atoms with van der Waals surface area (Å²) in [7, 11) is -3.46. The standard InChI is InChI=1S/C15H26N2O3S/c1-3-5-13-6-4-8-17(9-7-13)21(18,19)15-10-14(11-16)20-12(15)2/h10,13H,3-9,11,16H2,1-2H3. The number of nitrogens with zero attached hydrogens (tertiary/aromatic N) is 1. The average molecular weight is 314 g/mol. The van der Waals surface area contributed by atoms with Gasteiger partial charge < -0.3 is 10.2 Å². The number of nitrogens with two attached hydrogens (primary N) is 1. The minimum Gasteiger partial charge on any atom is -0.464 e. The Labute approximate surface area is 127 Å². The van der Waals surface area contributed by atoms with Gasteiger partial charge in [0.2, 0.25) is 10.0 Å². The Kier molecular flexibility index (Phi) is 5.46. The van der Waals surface area contributed by atoms with E-state index in [1.54, 1.807) is 17.3 Å². The Morgan fingerprint density at radius 3 is 2.76 bits per heavy atom. The summed E-state index contributed by atoms with van der Waals surface area (Å²) in [6.07, 6.45) is 5.37. The van der Waals surface area contributed by atoms with Crippen LogP contribution < -0.4 is 5.73 Å². The maximum absolute atomic E-state index is 12.8. The van der Waals surface area contributed by atoms with E-state index in [-0.39, 0.29) is 11.4 Å². The molecule has 1 aliphatic rings. The molecule has 21 heavy (non-hydrogen) atoms. The van der Waals surface area contributed by atoms with Crippen molar-refractivity contribution in [3.8, 4) is 0 Å². The molecule has 0 saturated carbocycles. The average Bonchev–Trinajstić information content (AvgIpc) is 2.68. The molecule has 2 N–H and O–H groups in total. The van der Waals surface area contributed by atoms with E-state index in [2.05, 4.69) is 6.92 Å². The molecule has 1 saturated heterocycles. The van der Waals surface area contributed by atoms with Crippen molar-refractivity contribution in [2.75, 3.05) is 13.1 Å². The summed E-state index contributed by atoms with van der Waals surface area (Å²) in [5, 5.41) is 0. The van der Waals surface area contributed by atoms with Gasteiger partial charge in [0.05, 0.1) is 6.54 Å². The number of aryl methyl sites for hydroxylation is 1. The van der Waals surface area contributed by atoms with Gasteiger partial charge in [-0.3, -0.25) is 0 Å². The van der Waals surface area contributed by atoms with Crippen LogP contribution in [-0.2, 0) is 16.6 Å². The van der Waals surface area contributed by atoms with Gasteiger partial charge in [0.1, 0.15) is 16.4 Å². The lowest BCUT2D eigenvalue weighted by Crippen LogP contribution is -2.32. The highest BCUT2D eigenvalue weighted by atomic mass is 32.2. The SMILES string of the molecule is CCCC1CCCN(S(=O)(=O)c2cc(CN)oc2C)CC1. The van der Waals surface area contributed by atoms with Gasteiger partial charge in [-0.25, -0.2) is 8.42 Å². The second-order valence-electron chi connectivity index (χ2n) is 5.83. The van der Waals surface area contributed by atoms with E-state index in [0.29, 0.717) is 30.5 Å². The van der Waals surface area contributed by atoms with Crippen molar-refractivity contribution in [2.45, 2.75) is 57.4 Å². The van der Waals surface area contributed by atoms with E-state index >= 15 is 0 Å². The normalized spacial score (nSPS) is 21.4. The van der Waals surface area contributed by atoms with E-state index in [9.17, 15) is 8.42 Å². The fraction of sp³-hybridized carbons (Fsp3) is 0.733. The highest BCUT2D eigenvalue weighted by molar-refractivity contribution is 7.89. The van der Waals surface area contributed by atoms with E-state index in [1.165, 1.54) is 6.42 Å². The maximum Gasteiger partial charge on any atom is 0.246 e. The number of rotatable bonds is 5. The molecule has 1 unspecified atom stereocenters. The van der Waals surface area contributed by atoms with Crippen LogP contribution in [0.3, 0.4) is 0 Å². The quantitative estimate of drug-likeness (QED) is 0.906. The summed E-state index contributed by atoms with van der Waals surface area (Å²) in [5.41, 5.74) is 5.53. The highest BCUT2D eigenvalue weighted by Gasteiger charge is 2.30. The molecule has 1 fully saturated rings. The van der Waals surface area contributed by atoms with Gasteiger partial charge in [0.15, 0.2) is 0 Å². The van der Waals surface area contributed by atoms with Crippen LogP contribution in [0.5, 0.6) is 0 Å². The Hall–Kier alpha value is -0.850. The van der Waals surface area contributed by atoms with Gasteiger partial charge >= 0.3 is 0 Å². The van der Waals surface area contributed by atoms with Gasteiger partial charge in [0, 0.05) is 19.2 Å². The van der Waals surface area contributed by atoms with Crippen molar-refractivity contribution < 1.29 is 12.8 Å². The number of hydrogen-bond acceptors (Lipinski definition) is 4. The molecule has 0 amide bonds.